The third-order valence-electron chi connectivity index (χ3n) is 4.00. The van der Waals surface area contributed by atoms with Crippen LogP contribution in [-0.2, 0) is 0 Å². The lowest BCUT2D eigenvalue weighted by Gasteiger charge is -2.09. The summed E-state index contributed by atoms with van der Waals surface area (Å²) in [6.45, 7) is 0. The lowest BCUT2D eigenvalue weighted by molar-refractivity contribution is 0.0661. The average Bonchev–Trinajstić information content (AvgIpc) is 2.74. The van der Waals surface area contributed by atoms with Crippen molar-refractivity contribution >= 4 is 23.9 Å². The van der Waals surface area contributed by atoms with E-state index in [9.17, 15) is 19.2 Å². The van der Waals surface area contributed by atoms with E-state index >= 15 is 0 Å². The van der Waals surface area contributed by atoms with Crippen LogP contribution in [0.5, 0.6) is 11.5 Å². The Morgan fingerprint density at radius 2 is 0.867 bits per heavy atom. The molecule has 3 aromatic carbocycles. The van der Waals surface area contributed by atoms with E-state index < -0.39 is 23.9 Å². The van der Waals surface area contributed by atoms with E-state index in [-0.39, 0.29) is 33.8 Å². The van der Waals surface area contributed by atoms with Crippen LogP contribution in [0.3, 0.4) is 0 Å². The van der Waals surface area contributed by atoms with Gasteiger partial charge >= 0.3 is 23.9 Å². The van der Waals surface area contributed by atoms with E-state index in [1.54, 1.807) is 0 Å². The van der Waals surface area contributed by atoms with Crippen LogP contribution >= 0.6 is 0 Å². The lowest BCUT2D eigenvalue weighted by Crippen LogP contribution is -2.13. The van der Waals surface area contributed by atoms with Crippen LogP contribution in [0.2, 0.25) is 0 Å². The standard InChI is InChI=1S/C22H14O8/c23-19(24)15-5-1-3-7-17(15)29-21(27)13-9-11-14(12-10-13)22(28)30-18-8-4-2-6-16(18)20(25)26/h1-12H,(H,23,24)(H,25,26). The number of carbonyl (C=O) groups is 4. The van der Waals surface area contributed by atoms with Gasteiger partial charge in [0.05, 0.1) is 11.1 Å². The van der Waals surface area contributed by atoms with Gasteiger partial charge in [0.25, 0.3) is 0 Å². The summed E-state index contributed by atoms with van der Waals surface area (Å²) >= 11 is 0. The monoisotopic (exact) mass is 406 g/mol. The smallest absolute Gasteiger partial charge is 0.343 e. The molecule has 0 aliphatic carbocycles. The zero-order chi connectivity index (χ0) is 21.7. The van der Waals surface area contributed by atoms with E-state index in [0.717, 1.165) is 0 Å². The maximum atomic E-state index is 12.3. The second kappa shape index (κ2) is 8.70. The number of esters is 2. The van der Waals surface area contributed by atoms with Crippen molar-refractivity contribution in [2.24, 2.45) is 0 Å². The summed E-state index contributed by atoms with van der Waals surface area (Å²) in [7, 11) is 0. The average molecular weight is 406 g/mol. The van der Waals surface area contributed by atoms with Gasteiger partial charge in [-0.15, -0.1) is 0 Å². The molecule has 0 fully saturated rings. The SMILES string of the molecule is O=C(Oc1ccccc1C(=O)O)c1ccc(C(=O)Oc2ccccc2C(=O)O)cc1. The van der Waals surface area contributed by atoms with Crippen molar-refractivity contribution in [1.82, 2.24) is 0 Å². The Bertz CT molecular complexity index is 1040. The molecule has 3 rings (SSSR count). The van der Waals surface area contributed by atoms with Crippen LogP contribution in [0.1, 0.15) is 41.4 Å². The third-order valence-corrected chi connectivity index (χ3v) is 4.00. The Balaban J connectivity index is 1.74. The zero-order valence-corrected chi connectivity index (χ0v) is 15.3. The van der Waals surface area contributed by atoms with E-state index in [0.29, 0.717) is 0 Å². The van der Waals surface area contributed by atoms with Crippen LogP contribution < -0.4 is 9.47 Å². The summed E-state index contributed by atoms with van der Waals surface area (Å²) in [6.07, 6.45) is 0. The van der Waals surface area contributed by atoms with Crippen molar-refractivity contribution in [3.63, 3.8) is 0 Å². The maximum absolute atomic E-state index is 12.3. The van der Waals surface area contributed by atoms with Gasteiger partial charge in [-0.1, -0.05) is 24.3 Å². The molecule has 0 aliphatic rings. The van der Waals surface area contributed by atoms with Crippen molar-refractivity contribution in [1.29, 1.82) is 0 Å². The zero-order valence-electron chi connectivity index (χ0n) is 15.3. The molecule has 0 amide bonds. The Morgan fingerprint density at radius 1 is 0.533 bits per heavy atom. The Hall–Kier alpha value is -4.46. The van der Waals surface area contributed by atoms with Gasteiger partial charge in [-0.05, 0) is 48.5 Å². The topological polar surface area (TPSA) is 127 Å². The van der Waals surface area contributed by atoms with Gasteiger partial charge in [-0.25, -0.2) is 19.2 Å². The molecule has 0 bridgehead atoms. The molecule has 8 heteroatoms. The second-order valence-corrected chi connectivity index (χ2v) is 5.96. The summed E-state index contributed by atoms with van der Waals surface area (Å²) in [6, 6.07) is 16.6. The van der Waals surface area contributed by atoms with Gasteiger partial charge in [-0.2, -0.15) is 0 Å². The number of hydrogen-bond acceptors (Lipinski definition) is 6. The van der Waals surface area contributed by atoms with E-state index in [1.165, 1.54) is 72.8 Å². The molecule has 0 aromatic heterocycles. The molecule has 0 radical (unpaired) electrons. The minimum Gasteiger partial charge on any atom is -0.478 e. The van der Waals surface area contributed by atoms with E-state index in [1.807, 2.05) is 0 Å². The molecule has 0 aliphatic heterocycles. The molecule has 0 atom stereocenters. The molecule has 8 nitrogen and oxygen atoms in total. The van der Waals surface area contributed by atoms with Gasteiger partial charge in [0.15, 0.2) is 0 Å². The minimum absolute atomic E-state index is 0.0812. The van der Waals surface area contributed by atoms with Gasteiger partial charge in [0.1, 0.15) is 22.6 Å². The van der Waals surface area contributed by atoms with Gasteiger partial charge in [0, 0.05) is 0 Å². The predicted octanol–water partition coefficient (Wildman–Crippen LogP) is 3.52. The number of ether oxygens (including phenoxy) is 2. The van der Waals surface area contributed by atoms with Crippen molar-refractivity contribution in [3.05, 3.63) is 95.1 Å². The molecule has 0 heterocycles. The summed E-state index contributed by atoms with van der Waals surface area (Å²) in [5.41, 5.74) is -0.165. The molecule has 30 heavy (non-hydrogen) atoms. The highest BCUT2D eigenvalue weighted by atomic mass is 16.5. The number of aromatic carboxylic acids is 2. The molecular formula is C22H14O8. The summed E-state index contributed by atoms with van der Waals surface area (Å²) in [5.74, 6) is -4.30. The summed E-state index contributed by atoms with van der Waals surface area (Å²) < 4.78 is 10.3. The van der Waals surface area contributed by atoms with Crippen LogP contribution in [0.4, 0.5) is 0 Å². The highest BCUT2D eigenvalue weighted by Crippen LogP contribution is 2.21. The van der Waals surface area contributed by atoms with Crippen LogP contribution in [0.15, 0.2) is 72.8 Å². The normalized spacial score (nSPS) is 10.1. The fraction of sp³-hybridized carbons (Fsp3) is 0. The molecule has 2 N–H and O–H groups in total. The van der Waals surface area contributed by atoms with E-state index in [4.69, 9.17) is 19.7 Å². The van der Waals surface area contributed by atoms with Crippen molar-refractivity contribution in [3.8, 4) is 11.5 Å². The highest BCUT2D eigenvalue weighted by Gasteiger charge is 2.18. The molecule has 0 saturated heterocycles. The fourth-order valence-electron chi connectivity index (χ4n) is 2.52. The van der Waals surface area contributed by atoms with Crippen molar-refractivity contribution in [2.45, 2.75) is 0 Å². The number of carboxylic acid groups (broad SMARTS) is 2. The van der Waals surface area contributed by atoms with Crippen LogP contribution in [0, 0.1) is 0 Å². The maximum Gasteiger partial charge on any atom is 0.343 e. The van der Waals surface area contributed by atoms with Crippen molar-refractivity contribution in [2.75, 3.05) is 0 Å². The minimum atomic E-state index is -1.24. The number of para-hydroxylation sites is 2. The van der Waals surface area contributed by atoms with Gasteiger partial charge in [-0.3, -0.25) is 0 Å². The van der Waals surface area contributed by atoms with Gasteiger partial charge in [0.2, 0.25) is 0 Å². The molecular weight excluding hydrogens is 392 g/mol. The summed E-state index contributed by atoms with van der Waals surface area (Å²) in [4.78, 5) is 47.0. The lowest BCUT2D eigenvalue weighted by atomic mass is 10.1. The molecule has 0 saturated carbocycles. The molecule has 150 valence electrons. The Labute approximate surface area is 169 Å². The number of carboxylic acids is 2. The first-order valence-corrected chi connectivity index (χ1v) is 8.56. The Morgan fingerprint density at radius 3 is 1.20 bits per heavy atom. The van der Waals surface area contributed by atoms with Crippen LogP contribution in [-0.4, -0.2) is 34.1 Å². The van der Waals surface area contributed by atoms with Gasteiger partial charge < -0.3 is 19.7 Å². The second-order valence-electron chi connectivity index (χ2n) is 5.96. The highest BCUT2D eigenvalue weighted by molar-refractivity contribution is 5.98. The molecule has 0 unspecified atom stereocenters. The molecule has 3 aromatic rings. The number of hydrogen-bond donors (Lipinski definition) is 2. The number of carbonyl (C=O) groups excluding carboxylic acids is 2. The number of benzene rings is 3. The van der Waals surface area contributed by atoms with E-state index in [2.05, 4.69) is 0 Å². The third kappa shape index (κ3) is 4.50. The Kier molecular flexibility index (Phi) is 5.88. The summed E-state index contributed by atoms with van der Waals surface area (Å²) in [5, 5.41) is 18.3. The first-order valence-electron chi connectivity index (χ1n) is 8.56. The molecule has 0 spiro atoms. The first kappa shape index (κ1) is 20.3. The van der Waals surface area contributed by atoms with Crippen molar-refractivity contribution < 1.29 is 38.9 Å². The fourth-order valence-corrected chi connectivity index (χ4v) is 2.52. The largest absolute Gasteiger partial charge is 0.478 e. The number of rotatable bonds is 6. The predicted molar refractivity (Wildman–Crippen MR) is 103 cm³/mol. The first-order chi connectivity index (χ1) is 14.4. The quantitative estimate of drug-likeness (QED) is 0.470. The van der Waals surface area contributed by atoms with Crippen LogP contribution in [0.25, 0.3) is 0 Å².